The molecule has 0 aliphatic carbocycles. The molecule has 2 heterocycles. The van der Waals surface area contributed by atoms with Crippen molar-refractivity contribution in [1.82, 2.24) is 19.3 Å². The highest BCUT2D eigenvalue weighted by atomic mass is 19.4. The van der Waals surface area contributed by atoms with Gasteiger partial charge in [0.25, 0.3) is 5.91 Å². The molecule has 1 amide bonds. The Morgan fingerprint density at radius 1 is 1.09 bits per heavy atom. The zero-order valence-electron chi connectivity index (χ0n) is 18.3. The number of imidazole rings is 1. The topological polar surface area (TPSA) is 74.0 Å². The third-order valence-electron chi connectivity index (χ3n) is 5.19. The van der Waals surface area contributed by atoms with Gasteiger partial charge in [-0.25, -0.2) is 4.98 Å². The van der Waals surface area contributed by atoms with Crippen LogP contribution < -0.4 is 10.1 Å². The van der Waals surface area contributed by atoms with E-state index in [1.165, 1.54) is 0 Å². The van der Waals surface area contributed by atoms with Gasteiger partial charge < -0.3 is 14.6 Å². The number of alkyl halides is 3. The lowest BCUT2D eigenvalue weighted by Crippen LogP contribution is -2.13. The number of nitrogens with one attached hydrogen (secondary N) is 1. The van der Waals surface area contributed by atoms with Crippen LogP contribution in [0.1, 0.15) is 22.3 Å². The van der Waals surface area contributed by atoms with E-state index in [4.69, 9.17) is 4.74 Å². The Kier molecular flexibility index (Phi) is 6.67. The number of hydrogen-bond acceptors (Lipinski definition) is 4. The minimum absolute atomic E-state index is 0.120. The number of rotatable bonds is 8. The van der Waals surface area contributed by atoms with Crippen LogP contribution in [0, 0.1) is 0 Å². The monoisotopic (exact) mass is 469 g/mol. The summed E-state index contributed by atoms with van der Waals surface area (Å²) in [4.78, 5) is 16.6. The van der Waals surface area contributed by atoms with Crippen molar-refractivity contribution in [3.05, 3.63) is 84.6 Å². The van der Waals surface area contributed by atoms with Gasteiger partial charge in [-0.05, 0) is 55.0 Å². The number of nitrogens with zero attached hydrogens (tertiary/aromatic N) is 4. The van der Waals surface area contributed by atoms with E-state index >= 15 is 0 Å². The second kappa shape index (κ2) is 9.82. The summed E-state index contributed by atoms with van der Waals surface area (Å²) in [6.45, 7) is 1.24. The summed E-state index contributed by atoms with van der Waals surface area (Å²) in [5.41, 5.74) is 1.31. The number of carbonyl (C=O) groups excluding carboxylic acids is 1. The molecule has 0 spiro atoms. The van der Waals surface area contributed by atoms with Crippen LogP contribution in [0.25, 0.3) is 11.3 Å². The van der Waals surface area contributed by atoms with E-state index in [1.807, 2.05) is 16.8 Å². The van der Waals surface area contributed by atoms with Gasteiger partial charge in [-0.15, -0.1) is 0 Å². The summed E-state index contributed by atoms with van der Waals surface area (Å²) >= 11 is 0. The molecule has 0 bridgehead atoms. The average Bonchev–Trinajstić information content (AvgIpc) is 3.48. The van der Waals surface area contributed by atoms with Gasteiger partial charge in [0.05, 0.1) is 24.2 Å². The summed E-state index contributed by atoms with van der Waals surface area (Å²) < 4.78 is 48.0. The fraction of sp³-hybridized carbons (Fsp3) is 0.208. The van der Waals surface area contributed by atoms with E-state index in [2.05, 4.69) is 15.4 Å². The van der Waals surface area contributed by atoms with Gasteiger partial charge in [-0.2, -0.15) is 18.3 Å². The van der Waals surface area contributed by atoms with Crippen LogP contribution in [0.15, 0.2) is 73.4 Å². The lowest BCUT2D eigenvalue weighted by atomic mass is 10.1. The van der Waals surface area contributed by atoms with Crippen molar-refractivity contribution in [2.75, 3.05) is 11.9 Å². The number of carbonyl (C=O) groups is 1. The van der Waals surface area contributed by atoms with Crippen LogP contribution in [0.4, 0.5) is 18.9 Å². The number of aryl methyl sites for hydroxylation is 2. The van der Waals surface area contributed by atoms with Crippen molar-refractivity contribution in [3.63, 3.8) is 0 Å². The minimum atomic E-state index is -4.46. The Bertz CT molecular complexity index is 1250. The second-order valence-electron chi connectivity index (χ2n) is 7.58. The van der Waals surface area contributed by atoms with Crippen LogP contribution in [0.2, 0.25) is 0 Å². The molecule has 0 saturated heterocycles. The normalized spacial score (nSPS) is 11.4. The van der Waals surface area contributed by atoms with Gasteiger partial charge in [0.1, 0.15) is 5.75 Å². The van der Waals surface area contributed by atoms with Gasteiger partial charge in [0, 0.05) is 49.0 Å². The zero-order valence-corrected chi connectivity index (χ0v) is 18.3. The zero-order chi connectivity index (χ0) is 24.1. The number of amides is 1. The Balaban J connectivity index is 1.49. The molecule has 2 aromatic carbocycles. The van der Waals surface area contributed by atoms with Crippen LogP contribution in [0.3, 0.4) is 0 Å². The summed E-state index contributed by atoms with van der Waals surface area (Å²) in [6.07, 6.45) is 3.32. The first-order valence-electron chi connectivity index (χ1n) is 10.5. The molecule has 0 aliphatic heterocycles. The SMILES string of the molecule is Cn1nccc1-c1cc(NC(=O)c2ccc(C(F)(F)F)cc2)ccc1OCCCn1ccnc1. The number of halogens is 3. The van der Waals surface area contributed by atoms with Crippen molar-refractivity contribution >= 4 is 11.6 Å². The van der Waals surface area contributed by atoms with Gasteiger partial charge in [0.15, 0.2) is 0 Å². The van der Waals surface area contributed by atoms with E-state index in [-0.39, 0.29) is 5.56 Å². The van der Waals surface area contributed by atoms with Gasteiger partial charge in [0.2, 0.25) is 0 Å². The van der Waals surface area contributed by atoms with Crippen molar-refractivity contribution in [1.29, 1.82) is 0 Å². The van der Waals surface area contributed by atoms with E-state index < -0.39 is 17.6 Å². The standard InChI is InChI=1S/C24H22F3N5O2/c1-31-21(9-10-29-31)20-15-19(7-8-22(20)34-14-2-12-32-13-11-28-16-32)30-23(33)17-3-5-18(6-4-17)24(25,26)27/h3-11,13,15-16H,2,12,14H2,1H3,(H,30,33). The first kappa shape index (κ1) is 23.1. The number of benzene rings is 2. The molecule has 0 atom stereocenters. The Morgan fingerprint density at radius 2 is 1.88 bits per heavy atom. The van der Waals surface area contributed by atoms with E-state index in [0.29, 0.717) is 18.0 Å². The van der Waals surface area contributed by atoms with Gasteiger partial charge >= 0.3 is 6.18 Å². The Hall–Kier alpha value is -4.08. The van der Waals surface area contributed by atoms with Gasteiger partial charge in [-0.1, -0.05) is 0 Å². The average molecular weight is 469 g/mol. The maximum atomic E-state index is 12.8. The summed E-state index contributed by atoms with van der Waals surface area (Å²) in [7, 11) is 1.80. The van der Waals surface area contributed by atoms with Crippen LogP contribution in [0.5, 0.6) is 5.75 Å². The fourth-order valence-corrected chi connectivity index (χ4v) is 3.43. The maximum absolute atomic E-state index is 12.8. The molecule has 34 heavy (non-hydrogen) atoms. The largest absolute Gasteiger partial charge is 0.493 e. The first-order chi connectivity index (χ1) is 16.3. The molecule has 0 saturated carbocycles. The Morgan fingerprint density at radius 3 is 2.53 bits per heavy atom. The van der Waals surface area contributed by atoms with Crippen molar-refractivity contribution < 1.29 is 22.7 Å². The second-order valence-corrected chi connectivity index (χ2v) is 7.58. The quantitative estimate of drug-likeness (QED) is 0.368. The van der Waals surface area contributed by atoms with Crippen molar-refractivity contribution in [3.8, 4) is 17.0 Å². The summed E-state index contributed by atoms with van der Waals surface area (Å²) in [5.74, 6) is 0.112. The molecule has 1 N–H and O–H groups in total. The van der Waals surface area contributed by atoms with Crippen LogP contribution in [-0.2, 0) is 19.8 Å². The summed E-state index contributed by atoms with van der Waals surface area (Å²) in [5, 5.41) is 6.94. The first-order valence-corrected chi connectivity index (χ1v) is 10.5. The number of ether oxygens (including phenoxy) is 1. The highest BCUT2D eigenvalue weighted by Gasteiger charge is 2.30. The highest BCUT2D eigenvalue weighted by Crippen LogP contribution is 2.33. The molecule has 4 rings (SSSR count). The molecule has 10 heteroatoms. The fourth-order valence-electron chi connectivity index (χ4n) is 3.43. The van der Waals surface area contributed by atoms with Gasteiger partial charge in [-0.3, -0.25) is 9.48 Å². The molecule has 176 valence electrons. The predicted molar refractivity (Wildman–Crippen MR) is 120 cm³/mol. The predicted octanol–water partition coefficient (Wildman–Crippen LogP) is 5.02. The lowest BCUT2D eigenvalue weighted by Gasteiger charge is -2.15. The molecule has 4 aromatic rings. The molecular formula is C24H22F3N5O2. The number of hydrogen-bond donors (Lipinski definition) is 1. The van der Waals surface area contributed by atoms with E-state index in [9.17, 15) is 18.0 Å². The molecule has 0 fully saturated rings. The maximum Gasteiger partial charge on any atom is 0.416 e. The molecule has 0 aliphatic rings. The molecule has 0 radical (unpaired) electrons. The number of anilines is 1. The lowest BCUT2D eigenvalue weighted by molar-refractivity contribution is -0.137. The molecule has 2 aromatic heterocycles. The Labute approximate surface area is 193 Å². The van der Waals surface area contributed by atoms with Crippen LogP contribution >= 0.6 is 0 Å². The third kappa shape index (κ3) is 5.45. The summed E-state index contributed by atoms with van der Waals surface area (Å²) in [6, 6.07) is 11.1. The third-order valence-corrected chi connectivity index (χ3v) is 5.19. The molecule has 7 nitrogen and oxygen atoms in total. The van der Waals surface area contributed by atoms with Crippen molar-refractivity contribution in [2.24, 2.45) is 7.05 Å². The minimum Gasteiger partial charge on any atom is -0.493 e. The van der Waals surface area contributed by atoms with E-state index in [0.717, 1.165) is 48.5 Å². The van der Waals surface area contributed by atoms with Crippen molar-refractivity contribution in [2.45, 2.75) is 19.1 Å². The number of aromatic nitrogens is 4. The molecular weight excluding hydrogens is 447 g/mol. The smallest absolute Gasteiger partial charge is 0.416 e. The molecule has 0 unspecified atom stereocenters. The van der Waals surface area contributed by atoms with E-state index in [1.54, 1.807) is 48.6 Å². The van der Waals surface area contributed by atoms with Crippen LogP contribution in [-0.4, -0.2) is 31.8 Å². The highest BCUT2D eigenvalue weighted by molar-refractivity contribution is 6.04.